The van der Waals surface area contributed by atoms with Gasteiger partial charge in [-0.1, -0.05) is 26.0 Å². The molecule has 1 heteroatoms. The van der Waals surface area contributed by atoms with Crippen LogP contribution in [0, 0.1) is 22.7 Å². The zero-order chi connectivity index (χ0) is 7.61. The van der Waals surface area contributed by atoms with Crippen LogP contribution >= 0.6 is 0 Å². The monoisotopic (exact) mass is 135 g/mol. The molecule has 0 aliphatic heterocycles. The molecule has 1 nitrogen and oxygen atoms in total. The number of allylic oxidation sites excluding steroid dienone is 2. The van der Waals surface area contributed by atoms with Gasteiger partial charge in [0.25, 0.3) is 0 Å². The largest absolute Gasteiger partial charge is 0.198 e. The smallest absolute Gasteiger partial charge is 0.0697 e. The van der Waals surface area contributed by atoms with Crippen molar-refractivity contribution in [1.82, 2.24) is 0 Å². The van der Waals surface area contributed by atoms with E-state index in [0.717, 1.165) is 12.8 Å². The standard InChI is InChI=1S/C9H13N/c1-9(2)5-3-8(7-10)4-6-9/h3,5,8H,4,6H2,1-2H3. The molecule has 0 aromatic carbocycles. The van der Waals surface area contributed by atoms with E-state index in [4.69, 9.17) is 5.26 Å². The molecule has 0 N–H and O–H groups in total. The molecule has 0 amide bonds. The second-order valence-corrected chi connectivity index (χ2v) is 3.62. The second kappa shape index (κ2) is 2.46. The number of hydrogen-bond donors (Lipinski definition) is 0. The van der Waals surface area contributed by atoms with Gasteiger partial charge < -0.3 is 0 Å². The van der Waals surface area contributed by atoms with Gasteiger partial charge in [-0.05, 0) is 18.3 Å². The first-order chi connectivity index (χ1) is 4.64. The molecule has 0 fully saturated rings. The molecule has 0 spiro atoms. The minimum atomic E-state index is 0.174. The summed E-state index contributed by atoms with van der Waals surface area (Å²) in [5, 5.41) is 8.56. The Balaban J connectivity index is 2.63. The van der Waals surface area contributed by atoms with Gasteiger partial charge in [0.2, 0.25) is 0 Å². The minimum Gasteiger partial charge on any atom is -0.198 e. The molecule has 1 rings (SSSR count). The van der Waals surface area contributed by atoms with Crippen molar-refractivity contribution in [2.24, 2.45) is 11.3 Å². The molecule has 0 aromatic rings. The van der Waals surface area contributed by atoms with Crippen LogP contribution in [0.15, 0.2) is 12.2 Å². The zero-order valence-electron chi connectivity index (χ0n) is 6.59. The van der Waals surface area contributed by atoms with Gasteiger partial charge in [0.1, 0.15) is 0 Å². The summed E-state index contributed by atoms with van der Waals surface area (Å²) in [6, 6.07) is 2.25. The average molecular weight is 135 g/mol. The molecular weight excluding hydrogens is 122 g/mol. The van der Waals surface area contributed by atoms with Gasteiger partial charge in [0.05, 0.1) is 12.0 Å². The fourth-order valence-electron chi connectivity index (χ4n) is 1.19. The Labute approximate surface area is 62.4 Å². The van der Waals surface area contributed by atoms with Crippen LogP contribution < -0.4 is 0 Å². The maximum Gasteiger partial charge on any atom is 0.0697 e. The third kappa shape index (κ3) is 1.60. The highest BCUT2D eigenvalue weighted by atomic mass is 14.3. The minimum absolute atomic E-state index is 0.174. The Hall–Kier alpha value is -0.770. The van der Waals surface area contributed by atoms with E-state index in [9.17, 15) is 0 Å². The predicted molar refractivity (Wildman–Crippen MR) is 41.3 cm³/mol. The van der Waals surface area contributed by atoms with Crippen molar-refractivity contribution in [1.29, 1.82) is 5.26 Å². The number of rotatable bonds is 0. The maximum absolute atomic E-state index is 8.56. The maximum atomic E-state index is 8.56. The molecule has 0 bridgehead atoms. The van der Waals surface area contributed by atoms with Crippen molar-refractivity contribution < 1.29 is 0 Å². The number of nitriles is 1. The van der Waals surface area contributed by atoms with Crippen molar-refractivity contribution in [3.8, 4) is 6.07 Å². The van der Waals surface area contributed by atoms with E-state index < -0.39 is 0 Å². The average Bonchev–Trinajstić information content (AvgIpc) is 1.88. The van der Waals surface area contributed by atoms with Crippen LogP contribution in [-0.4, -0.2) is 0 Å². The van der Waals surface area contributed by atoms with Crippen molar-refractivity contribution in [3.05, 3.63) is 12.2 Å². The first kappa shape index (κ1) is 7.34. The van der Waals surface area contributed by atoms with Crippen LogP contribution in [0.1, 0.15) is 26.7 Å². The molecule has 0 saturated heterocycles. The second-order valence-electron chi connectivity index (χ2n) is 3.62. The highest BCUT2D eigenvalue weighted by Gasteiger charge is 2.20. The third-order valence-corrected chi connectivity index (χ3v) is 2.05. The highest BCUT2D eigenvalue weighted by Crippen LogP contribution is 2.31. The lowest BCUT2D eigenvalue weighted by molar-refractivity contribution is 0.384. The summed E-state index contributed by atoms with van der Waals surface area (Å²) < 4.78 is 0. The Morgan fingerprint density at radius 2 is 2.30 bits per heavy atom. The molecule has 1 aliphatic carbocycles. The molecule has 0 saturated carbocycles. The van der Waals surface area contributed by atoms with Gasteiger partial charge in [0, 0.05) is 0 Å². The summed E-state index contributed by atoms with van der Waals surface area (Å²) in [7, 11) is 0. The molecular formula is C9H13N. The van der Waals surface area contributed by atoms with Crippen LogP contribution in [-0.2, 0) is 0 Å². The SMILES string of the molecule is CC1(C)C=CC(C#N)CC1. The van der Waals surface area contributed by atoms with Crippen LogP contribution in [0.2, 0.25) is 0 Å². The molecule has 0 aromatic heterocycles. The Kier molecular flexibility index (Phi) is 1.80. The van der Waals surface area contributed by atoms with E-state index >= 15 is 0 Å². The molecule has 1 unspecified atom stereocenters. The Morgan fingerprint density at radius 3 is 2.70 bits per heavy atom. The van der Waals surface area contributed by atoms with E-state index in [0.29, 0.717) is 5.41 Å². The highest BCUT2D eigenvalue weighted by molar-refractivity contribution is 5.09. The topological polar surface area (TPSA) is 23.8 Å². The van der Waals surface area contributed by atoms with Crippen LogP contribution in [0.5, 0.6) is 0 Å². The van der Waals surface area contributed by atoms with E-state index in [1.54, 1.807) is 0 Å². The van der Waals surface area contributed by atoms with Crippen LogP contribution in [0.3, 0.4) is 0 Å². The van der Waals surface area contributed by atoms with Crippen LogP contribution in [0.4, 0.5) is 0 Å². The van der Waals surface area contributed by atoms with Crippen molar-refractivity contribution in [2.75, 3.05) is 0 Å². The first-order valence-corrected chi connectivity index (χ1v) is 3.73. The normalized spacial score (nSPS) is 29.5. The summed E-state index contributed by atoms with van der Waals surface area (Å²) in [4.78, 5) is 0. The number of nitrogens with zero attached hydrogens (tertiary/aromatic N) is 1. The summed E-state index contributed by atoms with van der Waals surface area (Å²) in [5.41, 5.74) is 0.327. The van der Waals surface area contributed by atoms with Gasteiger partial charge in [-0.2, -0.15) is 5.26 Å². The van der Waals surface area contributed by atoms with Crippen molar-refractivity contribution >= 4 is 0 Å². The van der Waals surface area contributed by atoms with Crippen LogP contribution in [0.25, 0.3) is 0 Å². The summed E-state index contributed by atoms with van der Waals surface area (Å²) >= 11 is 0. The molecule has 54 valence electrons. The van der Waals surface area contributed by atoms with Gasteiger partial charge >= 0.3 is 0 Å². The fraction of sp³-hybridized carbons (Fsp3) is 0.667. The lowest BCUT2D eigenvalue weighted by atomic mass is 9.79. The quantitative estimate of drug-likeness (QED) is 0.468. The summed E-state index contributed by atoms with van der Waals surface area (Å²) in [6.45, 7) is 4.41. The van der Waals surface area contributed by atoms with E-state index in [1.807, 2.05) is 6.08 Å². The van der Waals surface area contributed by atoms with E-state index in [1.165, 1.54) is 0 Å². The zero-order valence-corrected chi connectivity index (χ0v) is 6.59. The third-order valence-electron chi connectivity index (χ3n) is 2.05. The summed E-state index contributed by atoms with van der Waals surface area (Å²) in [5.74, 6) is 0.174. The lowest BCUT2D eigenvalue weighted by Crippen LogP contribution is -2.14. The summed E-state index contributed by atoms with van der Waals surface area (Å²) in [6.07, 6.45) is 6.36. The van der Waals surface area contributed by atoms with Gasteiger partial charge in [-0.3, -0.25) is 0 Å². The fourth-order valence-corrected chi connectivity index (χ4v) is 1.19. The van der Waals surface area contributed by atoms with Gasteiger partial charge in [0.15, 0.2) is 0 Å². The Bertz CT molecular complexity index is 183. The lowest BCUT2D eigenvalue weighted by Gasteiger charge is -2.25. The van der Waals surface area contributed by atoms with Gasteiger partial charge in [-0.25, -0.2) is 0 Å². The molecule has 1 aliphatic rings. The first-order valence-electron chi connectivity index (χ1n) is 3.73. The molecule has 10 heavy (non-hydrogen) atoms. The van der Waals surface area contributed by atoms with E-state index in [-0.39, 0.29) is 5.92 Å². The molecule has 0 heterocycles. The Morgan fingerprint density at radius 1 is 1.60 bits per heavy atom. The number of hydrogen-bond acceptors (Lipinski definition) is 1. The van der Waals surface area contributed by atoms with Gasteiger partial charge in [-0.15, -0.1) is 0 Å². The molecule has 1 atom stereocenters. The van der Waals surface area contributed by atoms with Crippen molar-refractivity contribution in [2.45, 2.75) is 26.7 Å². The predicted octanol–water partition coefficient (Wildman–Crippen LogP) is 2.50. The van der Waals surface area contributed by atoms with Crippen molar-refractivity contribution in [3.63, 3.8) is 0 Å². The van der Waals surface area contributed by atoms with E-state index in [2.05, 4.69) is 26.0 Å². The molecule has 0 radical (unpaired) electrons.